The minimum absolute atomic E-state index is 0.443. The quantitative estimate of drug-likeness (QED) is 0.305. The van der Waals surface area contributed by atoms with E-state index in [1.54, 1.807) is 0 Å². The average Bonchev–Trinajstić information content (AvgIpc) is 2.98. The zero-order valence-electron chi connectivity index (χ0n) is 15.1. The molecule has 23 heavy (non-hydrogen) atoms. The number of halogens is 1. The maximum Gasteiger partial charge on any atom is 0.196 e. The van der Waals surface area contributed by atoms with Crippen LogP contribution >= 0.6 is 11.6 Å². The molecule has 1 heterocycles. The molecule has 1 atom stereocenters. The molecule has 0 bridgehead atoms. The Labute approximate surface area is 148 Å². The van der Waals surface area contributed by atoms with Gasteiger partial charge in [0.25, 0.3) is 0 Å². The van der Waals surface area contributed by atoms with E-state index in [0.29, 0.717) is 11.8 Å². The zero-order chi connectivity index (χ0) is 16.8. The molecule has 0 radical (unpaired) electrons. The number of nitrogens with zero attached hydrogens (tertiary/aromatic N) is 2. The lowest BCUT2D eigenvalue weighted by Crippen LogP contribution is -2.35. The third kappa shape index (κ3) is 10.2. The molecule has 0 saturated carbocycles. The molecule has 136 valence electrons. The lowest BCUT2D eigenvalue weighted by atomic mass is 10.0. The number of aliphatic imine (C=N–C) groups is 1. The Morgan fingerprint density at radius 2 is 1.39 bits per heavy atom. The number of hydrogen-bond acceptors (Lipinski definition) is 3. The second kappa shape index (κ2) is 14.1. The van der Waals surface area contributed by atoms with Crippen LogP contribution < -0.4 is 0 Å². The monoisotopic (exact) mass is 344 g/mol. The molecular weight excluding hydrogens is 308 g/mol. The molecule has 1 N–H and O–H groups in total. The number of aliphatic hydroxyl groups is 1. The maximum absolute atomic E-state index is 10.1. The highest BCUT2D eigenvalue weighted by Crippen LogP contribution is 2.16. The number of amidine groups is 1. The second-order valence-corrected chi connectivity index (χ2v) is 7.19. The van der Waals surface area contributed by atoms with Crippen molar-refractivity contribution in [2.24, 2.45) is 4.99 Å². The fourth-order valence-electron chi connectivity index (χ4n) is 3.21. The van der Waals surface area contributed by atoms with Crippen molar-refractivity contribution in [1.82, 2.24) is 4.90 Å². The Hall–Kier alpha value is -0.280. The summed E-state index contributed by atoms with van der Waals surface area (Å²) in [6.07, 6.45) is 18.0. The van der Waals surface area contributed by atoms with Crippen molar-refractivity contribution in [3.63, 3.8) is 0 Å². The minimum Gasteiger partial charge on any atom is -0.374 e. The van der Waals surface area contributed by atoms with Gasteiger partial charge in [-0.15, -0.1) is 0 Å². The molecule has 0 fully saturated rings. The highest BCUT2D eigenvalue weighted by atomic mass is 35.5. The first-order valence-electron chi connectivity index (χ1n) is 9.90. The summed E-state index contributed by atoms with van der Waals surface area (Å²) in [6, 6.07) is 0. The number of unbranched alkanes of at least 4 members (excludes halogenated alkanes) is 12. The molecule has 0 spiro atoms. The van der Waals surface area contributed by atoms with Crippen LogP contribution in [0.25, 0.3) is 0 Å². The average molecular weight is 345 g/mol. The molecule has 3 nitrogen and oxygen atoms in total. The van der Waals surface area contributed by atoms with E-state index in [-0.39, 0.29) is 0 Å². The lowest BCUT2D eigenvalue weighted by molar-refractivity contribution is 0.0520. The van der Waals surface area contributed by atoms with Crippen molar-refractivity contribution >= 4 is 16.9 Å². The van der Waals surface area contributed by atoms with Crippen molar-refractivity contribution in [2.75, 3.05) is 13.1 Å². The van der Waals surface area contributed by atoms with Crippen molar-refractivity contribution in [1.29, 1.82) is 0 Å². The fourth-order valence-corrected chi connectivity index (χ4v) is 3.49. The molecule has 0 aromatic rings. The summed E-state index contributed by atoms with van der Waals surface area (Å²) in [7, 11) is 0. The first-order valence-corrected chi connectivity index (χ1v) is 10.3. The van der Waals surface area contributed by atoms with Crippen LogP contribution in [0.2, 0.25) is 0 Å². The van der Waals surface area contributed by atoms with Crippen LogP contribution in [0.1, 0.15) is 96.8 Å². The summed E-state index contributed by atoms with van der Waals surface area (Å²) >= 11 is 5.95. The molecule has 1 rings (SSSR count). The molecule has 4 heteroatoms. The number of aliphatic hydroxyl groups excluding tert-OH is 1. The van der Waals surface area contributed by atoms with Gasteiger partial charge < -0.3 is 10.0 Å². The van der Waals surface area contributed by atoms with E-state index in [0.717, 1.165) is 19.4 Å². The van der Waals surface area contributed by atoms with Gasteiger partial charge in [-0.1, -0.05) is 84.0 Å². The summed E-state index contributed by atoms with van der Waals surface area (Å²) in [4.78, 5) is 5.91. The standard InChI is InChI=1S/C19H37ClN2O/c1-2-3-4-5-6-7-8-9-10-11-12-13-14-15-18(23)22-17-16-21-19(22)20/h18,23H,2-17H2,1H3. The van der Waals surface area contributed by atoms with Gasteiger partial charge in [0.2, 0.25) is 0 Å². The van der Waals surface area contributed by atoms with Gasteiger partial charge in [-0.2, -0.15) is 0 Å². The van der Waals surface area contributed by atoms with Gasteiger partial charge in [0, 0.05) is 6.54 Å². The number of hydrogen-bond donors (Lipinski definition) is 1. The highest BCUT2D eigenvalue weighted by molar-refractivity contribution is 6.64. The van der Waals surface area contributed by atoms with E-state index in [4.69, 9.17) is 11.6 Å². The predicted octanol–water partition coefficient (Wildman–Crippen LogP) is 5.70. The first-order chi connectivity index (χ1) is 11.3. The van der Waals surface area contributed by atoms with E-state index in [1.165, 1.54) is 77.0 Å². The van der Waals surface area contributed by atoms with Crippen LogP contribution in [0.4, 0.5) is 0 Å². The van der Waals surface area contributed by atoms with Gasteiger partial charge in [0.1, 0.15) is 6.23 Å². The molecule has 0 aromatic carbocycles. The third-order valence-electron chi connectivity index (χ3n) is 4.75. The molecule has 0 aromatic heterocycles. The smallest absolute Gasteiger partial charge is 0.196 e. The van der Waals surface area contributed by atoms with Crippen LogP contribution in [0, 0.1) is 0 Å². The summed E-state index contributed by atoms with van der Waals surface area (Å²) in [5.74, 6) is 0. The van der Waals surface area contributed by atoms with Crippen molar-refractivity contribution < 1.29 is 5.11 Å². The third-order valence-corrected chi connectivity index (χ3v) is 5.08. The summed E-state index contributed by atoms with van der Waals surface area (Å²) < 4.78 is 0. The molecule has 1 aliphatic heterocycles. The lowest BCUT2D eigenvalue weighted by Gasteiger charge is -2.23. The summed E-state index contributed by atoms with van der Waals surface area (Å²) in [6.45, 7) is 3.75. The van der Waals surface area contributed by atoms with Gasteiger partial charge in [0.05, 0.1) is 6.54 Å². The molecule has 1 aliphatic rings. The Kier molecular flexibility index (Phi) is 12.7. The zero-order valence-corrected chi connectivity index (χ0v) is 15.9. The SMILES string of the molecule is CCCCCCCCCCCCCCCC(O)N1CCN=C1Cl. The van der Waals surface area contributed by atoms with E-state index >= 15 is 0 Å². The molecular formula is C19H37ClN2O. The first kappa shape index (κ1) is 20.8. The van der Waals surface area contributed by atoms with Crippen molar-refractivity contribution in [3.8, 4) is 0 Å². The predicted molar refractivity (Wildman–Crippen MR) is 101 cm³/mol. The van der Waals surface area contributed by atoms with Crippen LogP contribution in [-0.2, 0) is 0 Å². The van der Waals surface area contributed by atoms with Crippen LogP contribution in [0.15, 0.2) is 4.99 Å². The molecule has 1 unspecified atom stereocenters. The normalized spacial score (nSPS) is 16.0. The summed E-state index contributed by atoms with van der Waals surface area (Å²) in [5, 5.41) is 10.5. The second-order valence-electron chi connectivity index (χ2n) is 6.86. The Morgan fingerprint density at radius 1 is 0.913 bits per heavy atom. The van der Waals surface area contributed by atoms with E-state index < -0.39 is 6.23 Å². The minimum atomic E-state index is -0.443. The van der Waals surface area contributed by atoms with Crippen LogP contribution in [0.3, 0.4) is 0 Å². The Bertz CT molecular complexity index is 310. The van der Waals surface area contributed by atoms with Crippen LogP contribution in [0.5, 0.6) is 0 Å². The van der Waals surface area contributed by atoms with Gasteiger partial charge in [-0.3, -0.25) is 4.99 Å². The molecule has 0 amide bonds. The summed E-state index contributed by atoms with van der Waals surface area (Å²) in [5.41, 5.74) is 0. The topological polar surface area (TPSA) is 35.8 Å². The van der Waals surface area contributed by atoms with Gasteiger partial charge in [-0.25, -0.2) is 0 Å². The van der Waals surface area contributed by atoms with Gasteiger partial charge >= 0.3 is 0 Å². The Balaban J connectivity index is 1.79. The van der Waals surface area contributed by atoms with Gasteiger partial charge in [-0.05, 0) is 24.4 Å². The van der Waals surface area contributed by atoms with E-state index in [1.807, 2.05) is 4.90 Å². The van der Waals surface area contributed by atoms with Gasteiger partial charge in [0.15, 0.2) is 5.29 Å². The highest BCUT2D eigenvalue weighted by Gasteiger charge is 2.21. The molecule has 0 saturated heterocycles. The van der Waals surface area contributed by atoms with Crippen molar-refractivity contribution in [2.45, 2.75) is 103 Å². The number of rotatable bonds is 15. The van der Waals surface area contributed by atoms with Crippen molar-refractivity contribution in [3.05, 3.63) is 0 Å². The van der Waals surface area contributed by atoms with Crippen LogP contribution in [-0.4, -0.2) is 34.6 Å². The largest absolute Gasteiger partial charge is 0.374 e. The maximum atomic E-state index is 10.1. The fraction of sp³-hybridized carbons (Fsp3) is 0.947. The Morgan fingerprint density at radius 3 is 1.83 bits per heavy atom. The van der Waals surface area contributed by atoms with E-state index in [2.05, 4.69) is 11.9 Å². The molecule has 0 aliphatic carbocycles. The van der Waals surface area contributed by atoms with E-state index in [9.17, 15) is 5.11 Å².